The number of amides is 1. The average Bonchev–Trinajstić information content (AvgIpc) is 2.76. The number of ether oxygens (including phenoxy) is 1. The van der Waals surface area contributed by atoms with Gasteiger partial charge < -0.3 is 15.4 Å². The van der Waals surface area contributed by atoms with Crippen LogP contribution in [0.3, 0.4) is 0 Å². The molecule has 1 heterocycles. The fourth-order valence-electron chi connectivity index (χ4n) is 2.53. The maximum atomic E-state index is 12.0. The lowest BCUT2D eigenvalue weighted by Gasteiger charge is -2.43. The maximum Gasteiger partial charge on any atom is 0.408 e. The molecular weight excluding hydrogens is 364 g/mol. The van der Waals surface area contributed by atoms with E-state index in [1.165, 1.54) is 4.88 Å². The van der Waals surface area contributed by atoms with Crippen LogP contribution >= 0.6 is 27.3 Å². The summed E-state index contributed by atoms with van der Waals surface area (Å²) in [6, 6.07) is 2.32. The molecule has 1 fully saturated rings. The van der Waals surface area contributed by atoms with Gasteiger partial charge >= 0.3 is 6.09 Å². The zero-order valence-electron chi connectivity index (χ0n) is 13.7. The van der Waals surface area contributed by atoms with Crippen molar-refractivity contribution in [3.63, 3.8) is 0 Å². The third-order valence-corrected chi connectivity index (χ3v) is 5.91. The van der Waals surface area contributed by atoms with E-state index >= 15 is 0 Å². The topological polar surface area (TPSA) is 50.4 Å². The van der Waals surface area contributed by atoms with Crippen molar-refractivity contribution in [3.05, 3.63) is 20.8 Å². The molecule has 2 rings (SSSR count). The monoisotopic (exact) mass is 388 g/mol. The van der Waals surface area contributed by atoms with Gasteiger partial charge in [-0.15, -0.1) is 11.3 Å². The van der Waals surface area contributed by atoms with Gasteiger partial charge in [0, 0.05) is 21.9 Å². The van der Waals surface area contributed by atoms with Gasteiger partial charge in [0.15, 0.2) is 0 Å². The zero-order valence-corrected chi connectivity index (χ0v) is 16.1. The lowest BCUT2D eigenvalue weighted by atomic mass is 9.76. The molecule has 1 saturated carbocycles. The number of carbonyl (C=O) groups excluding carboxylic acids is 1. The summed E-state index contributed by atoms with van der Waals surface area (Å²) in [5, 5.41) is 8.70. The molecule has 0 saturated heterocycles. The number of alkyl carbamates (subject to hydrolysis) is 1. The van der Waals surface area contributed by atoms with Crippen molar-refractivity contribution in [1.82, 2.24) is 10.6 Å². The first-order valence-electron chi connectivity index (χ1n) is 7.68. The van der Waals surface area contributed by atoms with Gasteiger partial charge in [-0.25, -0.2) is 4.79 Å². The number of carbonyl (C=O) groups is 1. The third kappa shape index (κ3) is 4.70. The first-order valence-corrected chi connectivity index (χ1v) is 9.35. The lowest BCUT2D eigenvalue weighted by Crippen LogP contribution is -2.60. The Morgan fingerprint density at radius 1 is 1.50 bits per heavy atom. The molecule has 1 unspecified atom stereocenters. The Morgan fingerprint density at radius 2 is 2.18 bits per heavy atom. The van der Waals surface area contributed by atoms with Gasteiger partial charge in [-0.05, 0) is 74.3 Å². The highest BCUT2D eigenvalue weighted by Crippen LogP contribution is 2.33. The maximum absolute atomic E-state index is 12.0. The second-order valence-corrected chi connectivity index (χ2v) is 8.80. The molecule has 1 aliphatic rings. The summed E-state index contributed by atoms with van der Waals surface area (Å²) in [4.78, 5) is 13.3. The van der Waals surface area contributed by atoms with Crippen molar-refractivity contribution in [3.8, 4) is 0 Å². The number of hydrogen-bond donors (Lipinski definition) is 2. The van der Waals surface area contributed by atoms with E-state index in [9.17, 15) is 4.79 Å². The van der Waals surface area contributed by atoms with Gasteiger partial charge in [0.05, 0.1) is 5.54 Å². The Hall–Kier alpha value is -0.590. The summed E-state index contributed by atoms with van der Waals surface area (Å²) in [6.45, 7) is 8.56. The summed E-state index contributed by atoms with van der Waals surface area (Å²) in [5.74, 6) is 0. The van der Waals surface area contributed by atoms with E-state index in [1.54, 1.807) is 11.3 Å². The van der Waals surface area contributed by atoms with E-state index in [0.717, 1.165) is 30.3 Å². The predicted molar refractivity (Wildman–Crippen MR) is 94.4 cm³/mol. The SMILES string of the molecule is CC(NCC1(NC(=O)OC(C)(C)C)CCC1)c1sccc1Br. The Labute approximate surface area is 145 Å². The highest BCUT2D eigenvalue weighted by molar-refractivity contribution is 9.10. The van der Waals surface area contributed by atoms with Gasteiger partial charge in [0.2, 0.25) is 0 Å². The highest BCUT2D eigenvalue weighted by atomic mass is 79.9. The summed E-state index contributed by atoms with van der Waals surface area (Å²) in [5.41, 5.74) is -0.627. The van der Waals surface area contributed by atoms with Crippen molar-refractivity contribution in [2.75, 3.05) is 6.54 Å². The van der Waals surface area contributed by atoms with Crippen LogP contribution in [0.4, 0.5) is 4.79 Å². The van der Waals surface area contributed by atoms with E-state index < -0.39 is 5.60 Å². The van der Waals surface area contributed by atoms with Gasteiger partial charge in [-0.3, -0.25) is 0 Å². The van der Waals surface area contributed by atoms with Crippen LogP contribution in [-0.2, 0) is 4.74 Å². The smallest absolute Gasteiger partial charge is 0.408 e. The van der Waals surface area contributed by atoms with Gasteiger partial charge in [0.1, 0.15) is 5.60 Å². The molecule has 0 aromatic carbocycles. The molecule has 1 aromatic rings. The van der Waals surface area contributed by atoms with Crippen LogP contribution in [0.1, 0.15) is 57.9 Å². The fourth-order valence-corrected chi connectivity index (χ4v) is 4.27. The molecule has 0 aliphatic heterocycles. The van der Waals surface area contributed by atoms with Crippen molar-refractivity contribution in [2.24, 2.45) is 0 Å². The van der Waals surface area contributed by atoms with Gasteiger partial charge in [-0.2, -0.15) is 0 Å². The number of nitrogens with one attached hydrogen (secondary N) is 2. The van der Waals surface area contributed by atoms with Crippen LogP contribution in [0.15, 0.2) is 15.9 Å². The number of halogens is 1. The minimum Gasteiger partial charge on any atom is -0.444 e. The summed E-state index contributed by atoms with van der Waals surface area (Å²) >= 11 is 5.31. The molecule has 22 heavy (non-hydrogen) atoms. The van der Waals surface area contributed by atoms with Crippen LogP contribution in [0, 0.1) is 0 Å². The first kappa shape index (κ1) is 17.8. The minimum atomic E-state index is -0.461. The van der Waals surface area contributed by atoms with Crippen LogP contribution in [0.2, 0.25) is 0 Å². The standard InChI is InChI=1S/C16H25BrN2O2S/c1-11(13-12(17)6-9-22-13)18-10-16(7-5-8-16)19-14(20)21-15(2,3)4/h6,9,11,18H,5,7-8,10H2,1-4H3,(H,19,20). The molecular formula is C16H25BrN2O2S. The normalized spacial score (nSPS) is 18.4. The van der Waals surface area contributed by atoms with E-state index in [0.29, 0.717) is 0 Å². The molecule has 4 nitrogen and oxygen atoms in total. The van der Waals surface area contributed by atoms with Crippen molar-refractivity contribution in [2.45, 2.75) is 64.1 Å². The predicted octanol–water partition coefficient (Wildman–Crippen LogP) is 4.61. The second kappa shape index (κ2) is 6.89. The number of rotatable bonds is 5. The van der Waals surface area contributed by atoms with Crippen LogP contribution in [-0.4, -0.2) is 23.8 Å². The van der Waals surface area contributed by atoms with Crippen molar-refractivity contribution >= 4 is 33.4 Å². The highest BCUT2D eigenvalue weighted by Gasteiger charge is 2.39. The van der Waals surface area contributed by atoms with Gasteiger partial charge in [-0.1, -0.05) is 0 Å². The Balaban J connectivity index is 1.89. The van der Waals surface area contributed by atoms with Crippen molar-refractivity contribution in [1.29, 1.82) is 0 Å². The first-order chi connectivity index (χ1) is 10.2. The Kier molecular flexibility index (Phi) is 5.56. The quantitative estimate of drug-likeness (QED) is 0.773. The van der Waals surface area contributed by atoms with E-state index in [1.807, 2.05) is 20.8 Å². The summed E-state index contributed by atoms with van der Waals surface area (Å²) in [6.07, 6.45) is 2.82. The summed E-state index contributed by atoms with van der Waals surface area (Å²) < 4.78 is 6.52. The third-order valence-electron chi connectivity index (χ3n) is 3.86. The number of thiophene rings is 1. The van der Waals surface area contributed by atoms with Crippen molar-refractivity contribution < 1.29 is 9.53 Å². The molecule has 1 amide bonds. The van der Waals surface area contributed by atoms with E-state index in [2.05, 4.69) is 44.9 Å². The van der Waals surface area contributed by atoms with Crippen LogP contribution in [0.5, 0.6) is 0 Å². The van der Waals surface area contributed by atoms with E-state index in [-0.39, 0.29) is 17.7 Å². The molecule has 0 bridgehead atoms. The largest absolute Gasteiger partial charge is 0.444 e. The average molecular weight is 389 g/mol. The molecule has 0 radical (unpaired) electrons. The zero-order chi connectivity index (χ0) is 16.4. The van der Waals surface area contributed by atoms with E-state index in [4.69, 9.17) is 4.74 Å². The molecule has 0 spiro atoms. The number of hydrogen-bond acceptors (Lipinski definition) is 4. The molecule has 6 heteroatoms. The minimum absolute atomic E-state index is 0.166. The summed E-state index contributed by atoms with van der Waals surface area (Å²) in [7, 11) is 0. The van der Waals surface area contributed by atoms with Crippen LogP contribution in [0.25, 0.3) is 0 Å². The van der Waals surface area contributed by atoms with Crippen LogP contribution < -0.4 is 10.6 Å². The Morgan fingerprint density at radius 3 is 2.64 bits per heavy atom. The molecule has 1 aliphatic carbocycles. The fraction of sp³-hybridized carbons (Fsp3) is 0.688. The molecule has 1 aromatic heterocycles. The molecule has 1 atom stereocenters. The molecule has 2 N–H and O–H groups in total. The Bertz CT molecular complexity index is 520. The molecule has 124 valence electrons. The second-order valence-electron chi connectivity index (χ2n) is 7.00. The lowest BCUT2D eigenvalue weighted by molar-refractivity contribution is 0.0379. The van der Waals surface area contributed by atoms with Gasteiger partial charge in [0.25, 0.3) is 0 Å².